The Morgan fingerprint density at radius 2 is 1.71 bits per heavy atom. The molecule has 2 atom stereocenters. The van der Waals surface area contributed by atoms with Crippen LogP contribution in [0.4, 0.5) is 0 Å². The van der Waals surface area contributed by atoms with Crippen LogP contribution in [-0.4, -0.2) is 103 Å². The number of ketones is 1. The number of amides is 2. The number of ether oxygens (including phenoxy) is 3. The van der Waals surface area contributed by atoms with Gasteiger partial charge in [-0.25, -0.2) is 0 Å². The molecule has 3 fully saturated rings. The molecular formula is C30H33N5O6. The number of likely N-dealkylation sites (tertiary alicyclic amines) is 1. The number of nitrogens with one attached hydrogen (secondary N) is 2. The predicted molar refractivity (Wildman–Crippen MR) is 150 cm³/mol. The Hall–Kier alpha value is -4.25. The van der Waals surface area contributed by atoms with Gasteiger partial charge in [0.05, 0.1) is 38.1 Å². The topological polar surface area (TPSA) is 120 Å². The summed E-state index contributed by atoms with van der Waals surface area (Å²) >= 11 is 0. The fourth-order valence-corrected chi connectivity index (χ4v) is 7.15. The highest BCUT2D eigenvalue weighted by Crippen LogP contribution is 2.67. The molecular weight excluding hydrogens is 526 g/mol. The molecule has 4 heterocycles. The first-order valence-corrected chi connectivity index (χ1v) is 13.8. The second-order valence-electron chi connectivity index (χ2n) is 11.4. The van der Waals surface area contributed by atoms with E-state index in [2.05, 4.69) is 21.9 Å². The number of piperidine rings is 1. The number of benzene rings is 1. The van der Waals surface area contributed by atoms with Gasteiger partial charge in [-0.15, -0.1) is 0 Å². The van der Waals surface area contributed by atoms with Crippen LogP contribution in [0.1, 0.15) is 49.0 Å². The molecule has 2 amide bonds. The van der Waals surface area contributed by atoms with E-state index in [4.69, 9.17) is 14.2 Å². The van der Waals surface area contributed by atoms with Gasteiger partial charge >= 0.3 is 0 Å². The second kappa shape index (κ2) is 8.87. The Kier molecular flexibility index (Phi) is 5.56. The summed E-state index contributed by atoms with van der Waals surface area (Å²) in [5, 5.41) is 0.735. The van der Waals surface area contributed by atoms with E-state index in [1.54, 1.807) is 30.2 Å². The van der Waals surface area contributed by atoms with Gasteiger partial charge in [0.1, 0.15) is 5.69 Å². The summed E-state index contributed by atoms with van der Waals surface area (Å²) < 4.78 is 16.6. The average molecular weight is 560 g/mol. The number of hydrogen-bond donors (Lipinski definition) is 2. The standard InChI is InChI=1S/C30H33N5O6/c1-15-22(29(38)34-8-6-33(2)7-9-34)23-25(31-15)19(36)12-21-30(23)13-17(30)14-35(21)28(37)18-10-16-11-20(39-3)26(40-4)27(41-5)24(16)32-18/h10-12,17,31-32H,6-9,13-14H2,1-5H3/t17-,30+/m1/s1. The molecule has 1 saturated carbocycles. The lowest BCUT2D eigenvalue weighted by Crippen LogP contribution is -2.47. The Balaban J connectivity index is 1.26. The SMILES string of the molecule is COc1cc2cc(C(=O)N3C[C@H]4C[C@@]45C3=CC(=O)c3[nH]c(C)c(C(=O)N4CCN(C)CC4)c35)[nH]c2c(OC)c1OC. The van der Waals surface area contributed by atoms with Crippen LogP contribution < -0.4 is 14.2 Å². The fraction of sp³-hybridized carbons (Fsp3) is 0.433. The number of aromatic nitrogens is 2. The average Bonchev–Trinajstić information content (AvgIpc) is 3.23. The molecule has 7 rings (SSSR count). The predicted octanol–water partition coefficient (Wildman–Crippen LogP) is 2.71. The third kappa shape index (κ3) is 3.44. The Morgan fingerprint density at radius 1 is 0.976 bits per heavy atom. The second-order valence-corrected chi connectivity index (χ2v) is 11.4. The Bertz CT molecular complexity index is 1680. The van der Waals surface area contributed by atoms with Crippen LogP contribution in [0, 0.1) is 12.8 Å². The van der Waals surface area contributed by atoms with Crippen LogP contribution >= 0.6 is 0 Å². The molecule has 0 radical (unpaired) electrons. The number of H-pyrrole nitrogens is 2. The van der Waals surface area contributed by atoms with Gasteiger partial charge in [-0.1, -0.05) is 0 Å². The first kappa shape index (κ1) is 25.7. The molecule has 0 bridgehead atoms. The van der Waals surface area contributed by atoms with E-state index < -0.39 is 5.41 Å². The number of hydrogen-bond acceptors (Lipinski definition) is 7. The quantitative estimate of drug-likeness (QED) is 0.493. The monoisotopic (exact) mass is 559 g/mol. The number of carbonyl (C=O) groups excluding carboxylic acids is 3. The van der Waals surface area contributed by atoms with Crippen LogP contribution in [0.25, 0.3) is 10.9 Å². The highest BCUT2D eigenvalue weighted by molar-refractivity contribution is 6.12. The molecule has 2 aliphatic carbocycles. The minimum atomic E-state index is -0.516. The lowest BCUT2D eigenvalue weighted by molar-refractivity contribution is 0.0662. The van der Waals surface area contributed by atoms with Gasteiger partial charge in [-0.05, 0) is 38.4 Å². The Morgan fingerprint density at radius 3 is 2.39 bits per heavy atom. The fourth-order valence-electron chi connectivity index (χ4n) is 7.15. The first-order chi connectivity index (χ1) is 19.7. The minimum Gasteiger partial charge on any atom is -0.493 e. The highest BCUT2D eigenvalue weighted by Gasteiger charge is 2.69. The van der Waals surface area contributed by atoms with Gasteiger partial charge in [-0.3, -0.25) is 14.4 Å². The minimum absolute atomic E-state index is 0.0439. The highest BCUT2D eigenvalue weighted by atomic mass is 16.5. The van der Waals surface area contributed by atoms with E-state index >= 15 is 0 Å². The van der Waals surface area contributed by atoms with Crippen molar-refractivity contribution in [3.63, 3.8) is 0 Å². The summed E-state index contributed by atoms with van der Waals surface area (Å²) in [6.07, 6.45) is 2.39. The molecule has 2 aliphatic heterocycles. The van der Waals surface area contributed by atoms with E-state index in [-0.39, 0.29) is 23.5 Å². The van der Waals surface area contributed by atoms with Crippen LogP contribution in [-0.2, 0) is 5.41 Å². The number of fused-ring (bicyclic) bond motifs is 2. The van der Waals surface area contributed by atoms with Crippen LogP contribution in [0.15, 0.2) is 23.9 Å². The molecule has 11 nitrogen and oxygen atoms in total. The zero-order chi connectivity index (χ0) is 28.8. The normalized spacial score (nSPS) is 23.2. The van der Waals surface area contributed by atoms with Crippen molar-refractivity contribution < 1.29 is 28.6 Å². The molecule has 214 valence electrons. The maximum Gasteiger partial charge on any atom is 0.274 e. The molecule has 4 aliphatic rings. The lowest BCUT2D eigenvalue weighted by atomic mass is 9.82. The van der Waals surface area contributed by atoms with E-state index in [0.717, 1.165) is 30.5 Å². The molecule has 1 aromatic carbocycles. The number of likely N-dealkylation sites (N-methyl/N-ethyl adjacent to an activating group) is 1. The van der Waals surface area contributed by atoms with Gasteiger partial charge in [0.15, 0.2) is 11.5 Å². The molecule has 3 aromatic rings. The summed E-state index contributed by atoms with van der Waals surface area (Å²) in [5.74, 6) is 1.00. The number of allylic oxidation sites excluding steroid dienone is 2. The van der Waals surface area contributed by atoms with E-state index in [1.807, 2.05) is 11.8 Å². The third-order valence-corrected chi connectivity index (χ3v) is 9.30. The van der Waals surface area contributed by atoms with Crippen molar-refractivity contribution >= 4 is 28.5 Å². The summed E-state index contributed by atoms with van der Waals surface area (Å²) in [7, 11) is 6.66. The van der Waals surface area contributed by atoms with E-state index in [9.17, 15) is 14.4 Å². The first-order valence-electron chi connectivity index (χ1n) is 13.8. The number of nitrogens with zero attached hydrogens (tertiary/aromatic N) is 3. The van der Waals surface area contributed by atoms with Crippen LogP contribution in [0.2, 0.25) is 0 Å². The molecule has 2 saturated heterocycles. The van der Waals surface area contributed by atoms with Crippen molar-refractivity contribution in [3.05, 3.63) is 52.1 Å². The number of rotatable bonds is 5. The van der Waals surface area contributed by atoms with Gasteiger partial charge in [0.2, 0.25) is 11.5 Å². The number of aromatic amines is 2. The van der Waals surface area contributed by atoms with E-state index in [0.29, 0.717) is 70.7 Å². The van der Waals surface area contributed by atoms with Crippen molar-refractivity contribution in [2.24, 2.45) is 5.92 Å². The molecule has 0 unspecified atom stereocenters. The van der Waals surface area contributed by atoms with Gasteiger partial charge in [-0.2, -0.15) is 0 Å². The van der Waals surface area contributed by atoms with Crippen molar-refractivity contribution in [2.75, 3.05) is 61.1 Å². The summed E-state index contributed by atoms with van der Waals surface area (Å²) in [6.45, 7) is 5.25. The van der Waals surface area contributed by atoms with E-state index in [1.165, 1.54) is 14.2 Å². The van der Waals surface area contributed by atoms with Crippen molar-refractivity contribution in [3.8, 4) is 17.2 Å². The molecule has 1 spiro atoms. The van der Waals surface area contributed by atoms with Gasteiger partial charge in [0.25, 0.3) is 11.8 Å². The number of methoxy groups -OCH3 is 3. The van der Waals surface area contributed by atoms with Crippen molar-refractivity contribution in [1.82, 2.24) is 24.7 Å². The molecule has 2 N–H and O–H groups in total. The smallest absolute Gasteiger partial charge is 0.274 e. The maximum atomic E-state index is 14.0. The van der Waals surface area contributed by atoms with Crippen molar-refractivity contribution in [1.29, 1.82) is 0 Å². The number of carbonyl (C=O) groups is 3. The maximum absolute atomic E-state index is 14.0. The summed E-state index contributed by atoms with van der Waals surface area (Å²) in [5.41, 5.74) is 3.69. The zero-order valence-electron chi connectivity index (χ0n) is 23.8. The lowest BCUT2D eigenvalue weighted by Gasteiger charge is -2.33. The van der Waals surface area contributed by atoms with Crippen LogP contribution in [0.5, 0.6) is 17.2 Å². The molecule has 2 aromatic heterocycles. The van der Waals surface area contributed by atoms with Gasteiger partial charge < -0.3 is 38.9 Å². The summed E-state index contributed by atoms with van der Waals surface area (Å²) in [4.78, 5) is 53.5. The van der Waals surface area contributed by atoms with Crippen LogP contribution in [0.3, 0.4) is 0 Å². The van der Waals surface area contributed by atoms with Gasteiger partial charge in [0, 0.05) is 66.6 Å². The molecule has 41 heavy (non-hydrogen) atoms. The zero-order valence-corrected chi connectivity index (χ0v) is 23.8. The largest absolute Gasteiger partial charge is 0.493 e. The number of aryl methyl sites for hydroxylation is 1. The Labute approximate surface area is 237 Å². The summed E-state index contributed by atoms with van der Waals surface area (Å²) in [6, 6.07) is 3.56. The third-order valence-electron chi connectivity index (χ3n) is 9.30. The number of piperazine rings is 1. The van der Waals surface area contributed by atoms with Crippen molar-refractivity contribution in [2.45, 2.75) is 18.8 Å². The molecule has 11 heteroatoms.